The molecule has 0 aliphatic heterocycles. The Bertz CT molecular complexity index is 970. The van der Waals surface area contributed by atoms with Crippen LogP contribution in [0.1, 0.15) is 30.0 Å². The SMILES string of the molecule is CCCc1ccc(Cc2ccc(P(c3ccccc3)c3ccccc3)cc2)cc1.I. The average Bonchev–Trinajstić information content (AvgIpc) is 2.78. The van der Waals surface area contributed by atoms with Crippen LogP contribution in [0.2, 0.25) is 0 Å². The molecule has 2 heteroatoms. The maximum Gasteiger partial charge on any atom is -0.00258 e. The smallest absolute Gasteiger partial charge is 0.00258 e. The lowest BCUT2D eigenvalue weighted by molar-refractivity contribution is 0.920. The van der Waals surface area contributed by atoms with Gasteiger partial charge in [-0.3, -0.25) is 0 Å². The molecule has 0 amide bonds. The lowest BCUT2D eigenvalue weighted by Gasteiger charge is -2.19. The Morgan fingerprint density at radius 1 is 0.500 bits per heavy atom. The van der Waals surface area contributed by atoms with E-state index in [9.17, 15) is 0 Å². The van der Waals surface area contributed by atoms with Gasteiger partial charge in [-0.15, -0.1) is 24.0 Å². The molecule has 4 rings (SSSR count). The molecule has 0 aromatic heterocycles. The second-order valence-corrected chi connectivity index (χ2v) is 9.64. The third-order valence-electron chi connectivity index (χ3n) is 5.19. The van der Waals surface area contributed by atoms with Gasteiger partial charge in [-0.2, -0.15) is 0 Å². The molecule has 0 spiro atoms. The number of halogens is 1. The quantitative estimate of drug-likeness (QED) is 0.189. The van der Waals surface area contributed by atoms with Crippen LogP contribution in [-0.2, 0) is 12.8 Å². The fourth-order valence-corrected chi connectivity index (χ4v) is 5.99. The molecule has 0 fully saturated rings. The van der Waals surface area contributed by atoms with Crippen LogP contribution in [0.15, 0.2) is 109 Å². The Labute approximate surface area is 199 Å². The molecule has 0 nitrogen and oxygen atoms in total. The molecule has 0 saturated heterocycles. The van der Waals surface area contributed by atoms with Gasteiger partial charge < -0.3 is 0 Å². The van der Waals surface area contributed by atoms with E-state index in [-0.39, 0.29) is 24.0 Å². The molecule has 0 atom stereocenters. The van der Waals surface area contributed by atoms with Gasteiger partial charge in [0.1, 0.15) is 0 Å². The molecule has 0 saturated carbocycles. The van der Waals surface area contributed by atoms with Crippen molar-refractivity contribution in [2.75, 3.05) is 0 Å². The highest BCUT2D eigenvalue weighted by molar-refractivity contribution is 14.0. The van der Waals surface area contributed by atoms with Crippen molar-refractivity contribution in [1.82, 2.24) is 0 Å². The minimum absolute atomic E-state index is 0. The van der Waals surface area contributed by atoms with E-state index in [2.05, 4.69) is 116 Å². The second-order valence-electron chi connectivity index (χ2n) is 7.42. The summed E-state index contributed by atoms with van der Waals surface area (Å²) < 4.78 is 0. The van der Waals surface area contributed by atoms with Gasteiger partial charge in [-0.25, -0.2) is 0 Å². The van der Waals surface area contributed by atoms with Crippen LogP contribution >= 0.6 is 31.9 Å². The summed E-state index contributed by atoms with van der Waals surface area (Å²) in [5.41, 5.74) is 4.18. The highest BCUT2D eigenvalue weighted by atomic mass is 127. The first-order valence-corrected chi connectivity index (χ1v) is 11.7. The van der Waals surface area contributed by atoms with E-state index < -0.39 is 7.92 Å². The van der Waals surface area contributed by atoms with Crippen molar-refractivity contribution in [2.45, 2.75) is 26.2 Å². The summed E-state index contributed by atoms with van der Waals surface area (Å²) in [6, 6.07) is 40.1. The molecule has 4 aromatic rings. The van der Waals surface area contributed by atoms with Crippen molar-refractivity contribution in [3.8, 4) is 0 Å². The molecular weight excluding hydrogens is 494 g/mol. The zero-order valence-electron chi connectivity index (χ0n) is 17.4. The number of benzene rings is 4. The molecule has 0 heterocycles. The van der Waals surface area contributed by atoms with Gasteiger partial charge in [0, 0.05) is 0 Å². The minimum atomic E-state index is -0.526. The molecule has 0 bridgehead atoms. The molecule has 30 heavy (non-hydrogen) atoms. The minimum Gasteiger partial charge on any atom is -0.107 e. The first-order chi connectivity index (χ1) is 14.3. The summed E-state index contributed by atoms with van der Waals surface area (Å²) in [5, 5.41) is 4.19. The second kappa shape index (κ2) is 11.4. The van der Waals surface area contributed by atoms with E-state index in [4.69, 9.17) is 0 Å². The standard InChI is InChI=1S/C28H27P.HI/c1-2-9-23-14-16-24(17-15-23)22-25-18-20-28(21-19-25)29(26-10-5-3-6-11-26)27-12-7-4-8-13-27;/h3-8,10-21H,2,9,22H2,1H3;1H. The van der Waals surface area contributed by atoms with Crippen molar-refractivity contribution < 1.29 is 0 Å². The van der Waals surface area contributed by atoms with Crippen molar-refractivity contribution in [2.24, 2.45) is 0 Å². The number of rotatable bonds is 7. The summed E-state index contributed by atoms with van der Waals surface area (Å²) in [7, 11) is -0.526. The molecular formula is C28H28IP. The van der Waals surface area contributed by atoms with Crippen molar-refractivity contribution in [3.05, 3.63) is 126 Å². The summed E-state index contributed by atoms with van der Waals surface area (Å²) in [5.74, 6) is 0. The predicted octanol–water partition coefficient (Wildman–Crippen LogP) is 6.61. The van der Waals surface area contributed by atoms with Crippen LogP contribution in [0.3, 0.4) is 0 Å². The third-order valence-corrected chi connectivity index (χ3v) is 7.64. The summed E-state index contributed by atoms with van der Waals surface area (Å²) in [6.07, 6.45) is 3.35. The maximum absolute atomic E-state index is 2.33. The monoisotopic (exact) mass is 522 g/mol. The van der Waals surface area contributed by atoms with Crippen LogP contribution in [0.4, 0.5) is 0 Å². The van der Waals surface area contributed by atoms with Crippen LogP contribution < -0.4 is 15.9 Å². The fraction of sp³-hybridized carbons (Fsp3) is 0.143. The topological polar surface area (TPSA) is 0 Å². The molecule has 0 aliphatic carbocycles. The fourth-order valence-electron chi connectivity index (χ4n) is 3.71. The Morgan fingerprint density at radius 2 is 0.900 bits per heavy atom. The van der Waals surface area contributed by atoms with Gasteiger partial charge in [0.2, 0.25) is 0 Å². The number of hydrogen-bond acceptors (Lipinski definition) is 0. The molecule has 0 unspecified atom stereocenters. The summed E-state index contributed by atoms with van der Waals surface area (Å²) in [4.78, 5) is 0. The van der Waals surface area contributed by atoms with E-state index in [1.807, 2.05) is 0 Å². The normalized spacial score (nSPS) is 10.6. The predicted molar refractivity (Wildman–Crippen MR) is 144 cm³/mol. The van der Waals surface area contributed by atoms with Gasteiger partial charge in [0.15, 0.2) is 0 Å². The van der Waals surface area contributed by atoms with E-state index in [0.29, 0.717) is 0 Å². The molecule has 4 aromatic carbocycles. The number of hydrogen-bond donors (Lipinski definition) is 0. The Kier molecular flexibility index (Phi) is 8.66. The first-order valence-electron chi connectivity index (χ1n) is 10.4. The van der Waals surface area contributed by atoms with Crippen molar-refractivity contribution in [1.29, 1.82) is 0 Å². The van der Waals surface area contributed by atoms with Gasteiger partial charge >= 0.3 is 0 Å². The van der Waals surface area contributed by atoms with Crippen LogP contribution in [0.5, 0.6) is 0 Å². The summed E-state index contributed by atoms with van der Waals surface area (Å²) >= 11 is 0. The third kappa shape index (κ3) is 5.80. The maximum atomic E-state index is 2.33. The van der Waals surface area contributed by atoms with Crippen LogP contribution in [0.25, 0.3) is 0 Å². The Hall–Kier alpha value is -1.96. The zero-order valence-corrected chi connectivity index (χ0v) is 20.6. The van der Waals surface area contributed by atoms with Gasteiger partial charge in [-0.1, -0.05) is 123 Å². The van der Waals surface area contributed by atoms with Gasteiger partial charge in [0.05, 0.1) is 0 Å². The van der Waals surface area contributed by atoms with Gasteiger partial charge in [0.25, 0.3) is 0 Å². The highest BCUT2D eigenvalue weighted by Crippen LogP contribution is 2.32. The van der Waals surface area contributed by atoms with Crippen molar-refractivity contribution >= 4 is 47.8 Å². The Balaban J connectivity index is 0.00000256. The van der Waals surface area contributed by atoms with E-state index >= 15 is 0 Å². The van der Waals surface area contributed by atoms with E-state index in [0.717, 1.165) is 12.8 Å². The molecule has 152 valence electrons. The van der Waals surface area contributed by atoms with Crippen LogP contribution in [0, 0.1) is 0 Å². The van der Waals surface area contributed by atoms with E-state index in [1.165, 1.54) is 39.0 Å². The first kappa shape index (κ1) is 22.7. The highest BCUT2D eigenvalue weighted by Gasteiger charge is 2.15. The Morgan fingerprint density at radius 3 is 1.37 bits per heavy atom. The lowest BCUT2D eigenvalue weighted by atomic mass is 10.0. The molecule has 0 N–H and O–H groups in total. The average molecular weight is 522 g/mol. The van der Waals surface area contributed by atoms with Gasteiger partial charge in [-0.05, 0) is 53.4 Å². The van der Waals surface area contributed by atoms with E-state index in [1.54, 1.807) is 0 Å². The molecule has 0 radical (unpaired) electrons. The lowest BCUT2D eigenvalue weighted by Crippen LogP contribution is -2.20. The summed E-state index contributed by atoms with van der Waals surface area (Å²) in [6.45, 7) is 2.23. The zero-order chi connectivity index (χ0) is 19.9. The van der Waals surface area contributed by atoms with Crippen molar-refractivity contribution in [3.63, 3.8) is 0 Å². The largest absolute Gasteiger partial charge is 0.107 e. The van der Waals surface area contributed by atoms with Crippen LogP contribution in [-0.4, -0.2) is 0 Å². The number of aryl methyl sites for hydroxylation is 1. The molecule has 0 aliphatic rings.